The van der Waals surface area contributed by atoms with E-state index in [0.29, 0.717) is 17.4 Å². The molecule has 0 bridgehead atoms. The molecule has 1 aliphatic carbocycles. The van der Waals surface area contributed by atoms with E-state index in [9.17, 15) is 9.59 Å². The lowest BCUT2D eigenvalue weighted by atomic mass is 10.0. The van der Waals surface area contributed by atoms with Gasteiger partial charge in [-0.05, 0) is 58.0 Å². The van der Waals surface area contributed by atoms with E-state index in [1.165, 1.54) is 12.8 Å². The lowest BCUT2D eigenvalue weighted by Gasteiger charge is -2.43. The first-order valence-corrected chi connectivity index (χ1v) is 12.8. The highest BCUT2D eigenvalue weighted by Crippen LogP contribution is 2.41. The lowest BCUT2D eigenvalue weighted by molar-refractivity contribution is -0.119. The molecular formula is C27H36N6O2. The van der Waals surface area contributed by atoms with Crippen LogP contribution in [-0.2, 0) is 4.79 Å². The van der Waals surface area contributed by atoms with Crippen molar-refractivity contribution in [3.63, 3.8) is 0 Å². The van der Waals surface area contributed by atoms with Gasteiger partial charge in [0.05, 0.1) is 17.6 Å². The monoisotopic (exact) mass is 476 g/mol. The van der Waals surface area contributed by atoms with Gasteiger partial charge in [-0.1, -0.05) is 18.9 Å². The summed E-state index contributed by atoms with van der Waals surface area (Å²) in [6, 6.07) is 9.90. The summed E-state index contributed by atoms with van der Waals surface area (Å²) in [4.78, 5) is 38.9. The van der Waals surface area contributed by atoms with Gasteiger partial charge in [0.1, 0.15) is 11.9 Å². The van der Waals surface area contributed by atoms with Crippen LogP contribution >= 0.6 is 0 Å². The minimum atomic E-state index is -0.195. The maximum atomic E-state index is 13.2. The van der Waals surface area contributed by atoms with E-state index in [0.717, 1.165) is 62.5 Å². The number of carbonyl (C=O) groups excluding carboxylic acids is 2. The van der Waals surface area contributed by atoms with Gasteiger partial charge in [0.25, 0.3) is 5.91 Å². The van der Waals surface area contributed by atoms with Crippen LogP contribution in [0.15, 0.2) is 36.5 Å². The zero-order chi connectivity index (χ0) is 24.5. The van der Waals surface area contributed by atoms with Gasteiger partial charge in [-0.15, -0.1) is 0 Å². The minimum Gasteiger partial charge on any atom is -0.355 e. The molecule has 2 amide bonds. The van der Waals surface area contributed by atoms with Crippen molar-refractivity contribution in [2.75, 3.05) is 55.4 Å². The van der Waals surface area contributed by atoms with Crippen LogP contribution in [0.2, 0.25) is 0 Å². The summed E-state index contributed by atoms with van der Waals surface area (Å²) in [7, 11) is 3.93. The first kappa shape index (κ1) is 23.6. The smallest absolute Gasteiger partial charge is 0.253 e. The molecule has 2 fully saturated rings. The maximum Gasteiger partial charge on any atom is 0.253 e. The molecule has 1 atom stereocenters. The number of hydrogen-bond donors (Lipinski definition) is 1. The molecule has 1 unspecified atom stereocenters. The van der Waals surface area contributed by atoms with E-state index in [1.54, 1.807) is 11.1 Å². The van der Waals surface area contributed by atoms with Gasteiger partial charge >= 0.3 is 0 Å². The molecule has 5 rings (SSSR count). The Morgan fingerprint density at radius 1 is 1.00 bits per heavy atom. The quantitative estimate of drug-likeness (QED) is 0.725. The van der Waals surface area contributed by atoms with Crippen molar-refractivity contribution in [2.24, 2.45) is 0 Å². The van der Waals surface area contributed by atoms with Crippen LogP contribution in [0.25, 0.3) is 0 Å². The molecule has 3 heterocycles. The minimum absolute atomic E-state index is 0.0729. The summed E-state index contributed by atoms with van der Waals surface area (Å²) < 4.78 is 0. The van der Waals surface area contributed by atoms with Crippen LogP contribution in [-0.4, -0.2) is 79.0 Å². The van der Waals surface area contributed by atoms with Crippen molar-refractivity contribution in [3.8, 4) is 0 Å². The van der Waals surface area contributed by atoms with Gasteiger partial charge in [-0.2, -0.15) is 0 Å². The summed E-state index contributed by atoms with van der Waals surface area (Å²) in [6.07, 6.45) is 7.41. The number of nitrogens with one attached hydrogen (secondary N) is 1. The number of anilines is 4. The number of rotatable bonds is 4. The summed E-state index contributed by atoms with van der Waals surface area (Å²) in [5.41, 5.74) is 3.41. The highest BCUT2D eigenvalue weighted by Gasteiger charge is 2.38. The molecule has 3 aliphatic rings. The van der Waals surface area contributed by atoms with E-state index in [-0.39, 0.29) is 17.9 Å². The van der Waals surface area contributed by atoms with E-state index < -0.39 is 0 Å². The second-order valence-electron chi connectivity index (χ2n) is 10.1. The molecule has 1 N–H and O–H groups in total. The van der Waals surface area contributed by atoms with E-state index >= 15 is 0 Å². The fourth-order valence-electron chi connectivity index (χ4n) is 5.70. The van der Waals surface area contributed by atoms with Crippen molar-refractivity contribution >= 4 is 34.7 Å². The molecule has 1 saturated carbocycles. The van der Waals surface area contributed by atoms with Crippen molar-refractivity contribution in [2.45, 2.75) is 51.1 Å². The number of amides is 2. The third-order valence-electron chi connectivity index (χ3n) is 7.71. The van der Waals surface area contributed by atoms with Crippen LogP contribution in [0.1, 0.15) is 49.4 Å². The summed E-state index contributed by atoms with van der Waals surface area (Å²) >= 11 is 0. The van der Waals surface area contributed by atoms with Crippen molar-refractivity contribution < 1.29 is 9.59 Å². The maximum absolute atomic E-state index is 13.2. The number of fused-ring (bicyclic) bond motifs is 1. The number of hydrogen-bond acceptors (Lipinski definition) is 6. The number of nitrogens with zero attached hydrogens (tertiary/aromatic N) is 5. The number of likely N-dealkylation sites (N-methyl/N-ethyl adjacent to an activating group) is 2. The lowest BCUT2D eigenvalue weighted by Crippen LogP contribution is -2.54. The molecule has 0 spiro atoms. The number of benzene rings is 1. The second kappa shape index (κ2) is 9.85. The largest absolute Gasteiger partial charge is 0.355 e. The van der Waals surface area contributed by atoms with Crippen molar-refractivity contribution in [1.29, 1.82) is 0 Å². The standard InChI is InChI=1S/C27H36N6O2/c1-19-26(34)31(3)24-18-28-25(17-23(24)33(19)22-10-4-5-11-22)29-21-9-6-8-20(16-21)27(35)32-13-7-12-30(2)14-15-32/h6,8-9,16-19,22H,4-5,7,10-15H2,1-3H3,(H,28,29). The second-order valence-corrected chi connectivity index (χ2v) is 10.1. The number of aromatic nitrogens is 1. The topological polar surface area (TPSA) is 72.0 Å². The molecule has 1 saturated heterocycles. The van der Waals surface area contributed by atoms with Gasteiger partial charge in [-0.25, -0.2) is 4.98 Å². The van der Waals surface area contributed by atoms with Crippen LogP contribution in [0.4, 0.5) is 22.9 Å². The zero-order valence-corrected chi connectivity index (χ0v) is 21.0. The normalized spacial score (nSPS) is 21.7. The Hall–Kier alpha value is -3.13. The van der Waals surface area contributed by atoms with Gasteiger partial charge in [-0.3, -0.25) is 9.59 Å². The highest BCUT2D eigenvalue weighted by atomic mass is 16.2. The summed E-state index contributed by atoms with van der Waals surface area (Å²) in [5.74, 6) is 0.893. The average Bonchev–Trinajstić information content (AvgIpc) is 3.30. The Bertz CT molecular complexity index is 1100. The van der Waals surface area contributed by atoms with Crippen molar-refractivity contribution in [1.82, 2.24) is 14.8 Å². The third-order valence-corrected chi connectivity index (χ3v) is 7.71. The van der Waals surface area contributed by atoms with Crippen LogP contribution in [0.3, 0.4) is 0 Å². The first-order valence-electron chi connectivity index (χ1n) is 12.8. The Morgan fingerprint density at radius 3 is 2.60 bits per heavy atom. The zero-order valence-electron chi connectivity index (χ0n) is 21.0. The number of carbonyl (C=O) groups is 2. The predicted molar refractivity (Wildman–Crippen MR) is 140 cm³/mol. The first-order chi connectivity index (χ1) is 16.9. The van der Waals surface area contributed by atoms with Crippen molar-refractivity contribution in [3.05, 3.63) is 42.1 Å². The van der Waals surface area contributed by atoms with Gasteiger partial charge in [0.2, 0.25) is 5.91 Å². The Kier molecular flexibility index (Phi) is 6.65. The summed E-state index contributed by atoms with van der Waals surface area (Å²) in [5, 5.41) is 3.40. The Labute approximate surface area is 207 Å². The van der Waals surface area contributed by atoms with Gasteiger partial charge < -0.3 is 24.9 Å². The molecule has 2 aliphatic heterocycles. The van der Waals surface area contributed by atoms with Gasteiger partial charge in [0.15, 0.2) is 0 Å². The molecule has 0 radical (unpaired) electrons. The van der Waals surface area contributed by atoms with E-state index in [1.807, 2.05) is 49.2 Å². The predicted octanol–water partition coefficient (Wildman–Crippen LogP) is 3.72. The molecule has 8 heteroatoms. The average molecular weight is 477 g/mol. The highest BCUT2D eigenvalue weighted by molar-refractivity contribution is 6.05. The SMILES string of the molecule is CC1C(=O)N(C)c2cnc(Nc3cccc(C(=O)N4CCCN(C)CC4)c3)cc2N1C1CCCC1. The van der Waals surface area contributed by atoms with E-state index in [4.69, 9.17) is 0 Å². The molecule has 1 aromatic carbocycles. The van der Waals surface area contributed by atoms with E-state index in [2.05, 4.69) is 27.1 Å². The molecule has 1 aromatic heterocycles. The van der Waals surface area contributed by atoms with Crippen LogP contribution in [0, 0.1) is 0 Å². The molecule has 186 valence electrons. The molecular weight excluding hydrogens is 440 g/mol. The summed E-state index contributed by atoms with van der Waals surface area (Å²) in [6.45, 7) is 5.46. The fraction of sp³-hybridized carbons (Fsp3) is 0.519. The molecule has 35 heavy (non-hydrogen) atoms. The van der Waals surface area contributed by atoms with Gasteiger partial charge in [0, 0.05) is 50.0 Å². The Morgan fingerprint density at radius 2 is 1.80 bits per heavy atom. The Balaban J connectivity index is 1.38. The van der Waals surface area contributed by atoms with Crippen LogP contribution < -0.4 is 15.1 Å². The van der Waals surface area contributed by atoms with Crippen LogP contribution in [0.5, 0.6) is 0 Å². The molecule has 8 nitrogen and oxygen atoms in total. The molecule has 2 aromatic rings. The fourth-order valence-corrected chi connectivity index (χ4v) is 5.70. The number of pyridine rings is 1. The third kappa shape index (κ3) is 4.72.